The number of benzene rings is 1. The molecule has 5 rings (SSSR count). The van der Waals surface area contributed by atoms with Crippen LogP contribution in [-0.4, -0.2) is 23.2 Å². The van der Waals surface area contributed by atoms with E-state index in [1.54, 1.807) is 5.56 Å². The Labute approximate surface area is 233 Å². The minimum absolute atomic E-state index is 0. The molecule has 35 heavy (non-hydrogen) atoms. The maximum atomic E-state index is 6.14. The van der Waals surface area contributed by atoms with Gasteiger partial charge in [0.2, 0.25) is 0 Å². The third-order valence-corrected chi connectivity index (χ3v) is 9.57. The molecule has 3 saturated carbocycles. The molecule has 198 valence electrons. The van der Waals surface area contributed by atoms with E-state index < -0.39 is 0 Å². The third kappa shape index (κ3) is 7.19. The summed E-state index contributed by atoms with van der Waals surface area (Å²) in [6, 6.07) is 8.83. The molecule has 0 aliphatic heterocycles. The summed E-state index contributed by atoms with van der Waals surface area (Å²) in [5, 5.41) is 5.45. The summed E-state index contributed by atoms with van der Waals surface area (Å²) in [6.07, 6.45) is 22.7. The van der Waals surface area contributed by atoms with Crippen molar-refractivity contribution in [1.82, 2.24) is 9.88 Å². The van der Waals surface area contributed by atoms with E-state index >= 15 is 0 Å². The smallest absolute Gasteiger partial charge is 0.0486 e. The van der Waals surface area contributed by atoms with Crippen molar-refractivity contribution >= 4 is 51.6 Å². The van der Waals surface area contributed by atoms with Gasteiger partial charge in [0.05, 0.1) is 0 Å². The third-order valence-electron chi connectivity index (χ3n) is 9.07. The molecule has 1 aromatic heterocycles. The lowest BCUT2D eigenvalue weighted by Crippen LogP contribution is -2.38. The number of hydrogen-bond acceptors (Lipinski definition) is 2. The van der Waals surface area contributed by atoms with Crippen LogP contribution in [-0.2, 0) is 0 Å². The van der Waals surface area contributed by atoms with Gasteiger partial charge in [-0.05, 0) is 99.9 Å². The van der Waals surface area contributed by atoms with Crippen LogP contribution in [0.2, 0.25) is 0 Å². The molecule has 3 aliphatic carbocycles. The predicted molar refractivity (Wildman–Crippen MR) is 158 cm³/mol. The summed E-state index contributed by atoms with van der Waals surface area (Å²) in [4.78, 5) is 0. The summed E-state index contributed by atoms with van der Waals surface area (Å²) in [5.41, 5.74) is 9.25. The van der Waals surface area contributed by atoms with Gasteiger partial charge in [-0.3, -0.25) is 0 Å². The van der Waals surface area contributed by atoms with E-state index in [-0.39, 0.29) is 24.8 Å². The second-order valence-electron chi connectivity index (χ2n) is 11.3. The zero-order chi connectivity index (χ0) is 22.6. The highest BCUT2D eigenvalue weighted by atomic mass is 79.9. The number of rotatable bonds is 7. The highest BCUT2D eigenvalue weighted by Gasteiger charge is 2.29. The molecular formula is C29H46BrCl2N3. The number of aromatic nitrogens is 1. The number of fused-ring (bicyclic) bond motifs is 1. The number of nitrogens with two attached hydrogens (primary N) is 1. The minimum Gasteiger partial charge on any atom is -0.344 e. The Hall–Kier alpha value is -0.260. The molecule has 1 unspecified atom stereocenters. The van der Waals surface area contributed by atoms with Gasteiger partial charge in [-0.25, -0.2) is 0 Å². The van der Waals surface area contributed by atoms with Crippen LogP contribution < -0.4 is 11.1 Å². The van der Waals surface area contributed by atoms with Gasteiger partial charge >= 0.3 is 0 Å². The molecule has 0 radical (unpaired) electrons. The fourth-order valence-electron chi connectivity index (χ4n) is 7.16. The average molecular weight is 588 g/mol. The van der Waals surface area contributed by atoms with E-state index in [0.29, 0.717) is 24.0 Å². The van der Waals surface area contributed by atoms with Gasteiger partial charge in [0, 0.05) is 39.7 Å². The maximum absolute atomic E-state index is 6.14. The molecule has 1 atom stereocenters. The molecule has 1 aromatic carbocycles. The molecule has 0 bridgehead atoms. The Kier molecular flexibility index (Phi) is 11.8. The molecule has 2 aromatic rings. The van der Waals surface area contributed by atoms with Gasteiger partial charge in [0.15, 0.2) is 0 Å². The molecule has 0 spiro atoms. The van der Waals surface area contributed by atoms with Crippen molar-refractivity contribution in [3.8, 4) is 0 Å². The lowest BCUT2D eigenvalue weighted by Gasteiger charge is -2.32. The van der Waals surface area contributed by atoms with Gasteiger partial charge in [0.25, 0.3) is 0 Å². The van der Waals surface area contributed by atoms with E-state index in [4.69, 9.17) is 5.73 Å². The lowest BCUT2D eigenvalue weighted by molar-refractivity contribution is 0.282. The van der Waals surface area contributed by atoms with Crippen molar-refractivity contribution < 1.29 is 0 Å². The Bertz CT molecular complexity index is 897. The Morgan fingerprint density at radius 1 is 0.886 bits per heavy atom. The number of halogens is 3. The van der Waals surface area contributed by atoms with Crippen LogP contribution in [0.5, 0.6) is 0 Å². The van der Waals surface area contributed by atoms with E-state index in [2.05, 4.69) is 50.2 Å². The van der Waals surface area contributed by atoms with Crippen molar-refractivity contribution in [1.29, 1.82) is 0 Å². The molecule has 0 amide bonds. The SMILES string of the molecule is Cl.Cl.N[C@H]1CC[C@H](NCCC(c2cn(C3CCCCC3)c3ccc(Br)cc23)C2CCCCC2)CC1. The van der Waals surface area contributed by atoms with E-state index in [1.165, 1.54) is 112 Å². The van der Waals surface area contributed by atoms with Gasteiger partial charge in [-0.15, -0.1) is 24.8 Å². The molecule has 3 nitrogen and oxygen atoms in total. The Balaban J connectivity index is 0.00000171. The maximum Gasteiger partial charge on any atom is 0.0486 e. The highest BCUT2D eigenvalue weighted by molar-refractivity contribution is 9.10. The fourth-order valence-corrected chi connectivity index (χ4v) is 7.52. The van der Waals surface area contributed by atoms with Crippen molar-refractivity contribution in [2.24, 2.45) is 11.7 Å². The monoisotopic (exact) mass is 585 g/mol. The van der Waals surface area contributed by atoms with Crippen molar-refractivity contribution in [3.63, 3.8) is 0 Å². The van der Waals surface area contributed by atoms with Gasteiger partial charge in [-0.2, -0.15) is 0 Å². The quantitative estimate of drug-likeness (QED) is 0.341. The van der Waals surface area contributed by atoms with Gasteiger partial charge in [-0.1, -0.05) is 54.5 Å². The molecule has 3 N–H and O–H groups in total. The van der Waals surface area contributed by atoms with E-state index in [9.17, 15) is 0 Å². The number of nitrogens with one attached hydrogen (secondary N) is 1. The summed E-state index contributed by atoms with van der Waals surface area (Å²) in [5.74, 6) is 1.51. The largest absolute Gasteiger partial charge is 0.344 e. The first-order valence-corrected chi connectivity index (χ1v) is 14.8. The van der Waals surface area contributed by atoms with Crippen molar-refractivity contribution in [3.05, 3.63) is 34.4 Å². The Morgan fingerprint density at radius 2 is 1.54 bits per heavy atom. The second-order valence-corrected chi connectivity index (χ2v) is 12.2. The van der Waals surface area contributed by atoms with E-state index in [0.717, 1.165) is 12.5 Å². The summed E-state index contributed by atoms with van der Waals surface area (Å²) in [7, 11) is 0. The molecular weight excluding hydrogens is 541 g/mol. The van der Waals surface area contributed by atoms with E-state index in [1.807, 2.05) is 0 Å². The minimum atomic E-state index is 0. The van der Waals surface area contributed by atoms with Crippen LogP contribution in [0.1, 0.15) is 114 Å². The average Bonchev–Trinajstić information content (AvgIpc) is 3.22. The standard InChI is InChI=1S/C29H44BrN3.2ClH/c30-22-11-16-29-27(19-22)28(20-33(29)25-9-5-2-6-10-25)26(21-7-3-1-4-8-21)17-18-32-24-14-12-23(31)13-15-24;;/h11,16,19-21,23-26,32H,1-10,12-15,17-18,31H2;2*1H/t23-,24-,26?;;. The van der Waals surface area contributed by atoms with Crippen LogP contribution in [0, 0.1) is 5.92 Å². The molecule has 3 fully saturated rings. The van der Waals surface area contributed by atoms with Crippen molar-refractivity contribution in [2.75, 3.05) is 6.54 Å². The molecule has 6 heteroatoms. The summed E-state index contributed by atoms with van der Waals surface area (Å²) < 4.78 is 3.90. The van der Waals surface area contributed by atoms with Crippen LogP contribution in [0.3, 0.4) is 0 Å². The normalized spacial score (nSPS) is 25.1. The van der Waals surface area contributed by atoms with Gasteiger partial charge in [0.1, 0.15) is 0 Å². The fraction of sp³-hybridized carbons (Fsp3) is 0.724. The van der Waals surface area contributed by atoms with Crippen LogP contribution in [0.4, 0.5) is 0 Å². The summed E-state index contributed by atoms with van der Waals surface area (Å²) >= 11 is 3.79. The molecule has 0 saturated heterocycles. The highest BCUT2D eigenvalue weighted by Crippen LogP contribution is 2.43. The number of nitrogens with zero attached hydrogens (tertiary/aromatic N) is 1. The second kappa shape index (κ2) is 14.0. The Morgan fingerprint density at radius 3 is 2.23 bits per heavy atom. The van der Waals surface area contributed by atoms with Crippen LogP contribution >= 0.6 is 40.7 Å². The number of hydrogen-bond donors (Lipinski definition) is 2. The predicted octanol–water partition coefficient (Wildman–Crippen LogP) is 8.67. The topological polar surface area (TPSA) is 43.0 Å². The first-order chi connectivity index (χ1) is 16.2. The zero-order valence-electron chi connectivity index (χ0n) is 21.2. The lowest BCUT2D eigenvalue weighted by atomic mass is 9.75. The van der Waals surface area contributed by atoms with Crippen LogP contribution in [0.15, 0.2) is 28.9 Å². The first-order valence-electron chi connectivity index (χ1n) is 14.0. The molecule has 1 heterocycles. The van der Waals surface area contributed by atoms with Crippen molar-refractivity contribution in [2.45, 2.75) is 120 Å². The molecule has 3 aliphatic rings. The summed E-state index contributed by atoms with van der Waals surface area (Å²) in [6.45, 7) is 1.14. The zero-order valence-corrected chi connectivity index (χ0v) is 24.4. The van der Waals surface area contributed by atoms with Gasteiger partial charge < -0.3 is 15.6 Å². The van der Waals surface area contributed by atoms with Crippen LogP contribution in [0.25, 0.3) is 10.9 Å². The first kappa shape index (κ1) is 29.3.